The van der Waals surface area contributed by atoms with Gasteiger partial charge < -0.3 is 11.1 Å². The zero-order valence-corrected chi connectivity index (χ0v) is 13.8. The second-order valence-corrected chi connectivity index (χ2v) is 6.03. The predicted molar refractivity (Wildman–Crippen MR) is 89.8 cm³/mol. The van der Waals surface area contributed by atoms with Crippen molar-refractivity contribution in [1.29, 1.82) is 0 Å². The third-order valence-electron chi connectivity index (χ3n) is 4.24. The Hall–Kier alpha value is -1.06. The zero-order chi connectivity index (χ0) is 14.5. The lowest BCUT2D eigenvalue weighted by Crippen LogP contribution is -2.38. The van der Waals surface area contributed by atoms with Gasteiger partial charge in [-0.1, -0.05) is 36.8 Å². The van der Waals surface area contributed by atoms with Crippen molar-refractivity contribution in [3.63, 3.8) is 0 Å². The molecule has 0 saturated heterocycles. The SMILES string of the molecule is CCC(CC(=O)NCC(N)C1CC1)c1ccc(C)cc1.Cl. The summed E-state index contributed by atoms with van der Waals surface area (Å²) >= 11 is 0. The number of amides is 1. The fourth-order valence-corrected chi connectivity index (χ4v) is 2.56. The van der Waals surface area contributed by atoms with Crippen LogP contribution in [0.25, 0.3) is 0 Å². The lowest BCUT2D eigenvalue weighted by atomic mass is 9.92. The highest BCUT2D eigenvalue weighted by molar-refractivity contribution is 5.85. The van der Waals surface area contributed by atoms with Gasteiger partial charge in [0.2, 0.25) is 5.91 Å². The van der Waals surface area contributed by atoms with Crippen molar-refractivity contribution in [2.45, 2.75) is 51.5 Å². The zero-order valence-electron chi connectivity index (χ0n) is 13.0. The summed E-state index contributed by atoms with van der Waals surface area (Å²) in [5.41, 5.74) is 8.51. The smallest absolute Gasteiger partial charge is 0.220 e. The number of rotatable bonds is 7. The lowest BCUT2D eigenvalue weighted by Gasteiger charge is -2.17. The fourth-order valence-electron chi connectivity index (χ4n) is 2.56. The van der Waals surface area contributed by atoms with E-state index in [0.717, 1.165) is 6.42 Å². The van der Waals surface area contributed by atoms with Crippen LogP contribution < -0.4 is 11.1 Å². The average molecular weight is 311 g/mol. The van der Waals surface area contributed by atoms with Crippen molar-refractivity contribution >= 4 is 18.3 Å². The minimum Gasteiger partial charge on any atom is -0.355 e. The molecule has 0 spiro atoms. The molecule has 0 heterocycles. The lowest BCUT2D eigenvalue weighted by molar-refractivity contribution is -0.121. The van der Waals surface area contributed by atoms with Crippen molar-refractivity contribution < 1.29 is 4.79 Å². The standard InChI is InChI=1S/C17H26N2O.ClH/c1-3-13(14-6-4-12(2)5-7-14)10-17(20)19-11-16(18)15-8-9-15;/h4-7,13,15-16H,3,8-11,18H2,1-2H3,(H,19,20);1H. The van der Waals surface area contributed by atoms with Crippen LogP contribution in [0.4, 0.5) is 0 Å². The van der Waals surface area contributed by atoms with Gasteiger partial charge in [-0.05, 0) is 43.6 Å². The Morgan fingerprint density at radius 3 is 2.48 bits per heavy atom. The molecule has 0 bridgehead atoms. The van der Waals surface area contributed by atoms with E-state index in [2.05, 4.69) is 43.4 Å². The molecule has 1 aliphatic rings. The van der Waals surface area contributed by atoms with E-state index in [-0.39, 0.29) is 24.4 Å². The van der Waals surface area contributed by atoms with E-state index < -0.39 is 0 Å². The van der Waals surface area contributed by atoms with Crippen LogP contribution >= 0.6 is 12.4 Å². The van der Waals surface area contributed by atoms with Gasteiger partial charge in [-0.3, -0.25) is 4.79 Å². The maximum atomic E-state index is 12.0. The molecule has 4 heteroatoms. The van der Waals surface area contributed by atoms with E-state index in [0.29, 0.717) is 24.8 Å². The number of nitrogens with two attached hydrogens (primary N) is 1. The molecule has 1 aromatic rings. The minimum absolute atomic E-state index is 0. The van der Waals surface area contributed by atoms with Crippen LogP contribution in [-0.2, 0) is 4.79 Å². The van der Waals surface area contributed by atoms with Crippen LogP contribution in [0.5, 0.6) is 0 Å². The largest absolute Gasteiger partial charge is 0.355 e. The third kappa shape index (κ3) is 5.68. The van der Waals surface area contributed by atoms with Gasteiger partial charge in [0.25, 0.3) is 0 Å². The molecule has 1 amide bonds. The maximum absolute atomic E-state index is 12.0. The van der Waals surface area contributed by atoms with Crippen molar-refractivity contribution in [1.82, 2.24) is 5.32 Å². The number of halogens is 1. The molecule has 0 aliphatic heterocycles. The molecule has 3 nitrogen and oxygen atoms in total. The van der Waals surface area contributed by atoms with E-state index >= 15 is 0 Å². The summed E-state index contributed by atoms with van der Waals surface area (Å²) in [5, 5.41) is 2.99. The molecule has 1 fully saturated rings. The van der Waals surface area contributed by atoms with Crippen LogP contribution in [-0.4, -0.2) is 18.5 Å². The highest BCUT2D eigenvalue weighted by Crippen LogP contribution is 2.31. The number of nitrogens with one attached hydrogen (secondary N) is 1. The summed E-state index contributed by atoms with van der Waals surface area (Å²) in [6, 6.07) is 8.62. The Balaban J connectivity index is 0.00000220. The molecule has 0 radical (unpaired) electrons. The number of carbonyl (C=O) groups excluding carboxylic acids is 1. The molecular weight excluding hydrogens is 284 g/mol. The molecule has 0 aromatic heterocycles. The highest BCUT2D eigenvalue weighted by atomic mass is 35.5. The first-order chi connectivity index (χ1) is 9.60. The van der Waals surface area contributed by atoms with E-state index in [1.165, 1.54) is 24.0 Å². The molecule has 2 unspecified atom stereocenters. The quantitative estimate of drug-likeness (QED) is 0.813. The van der Waals surface area contributed by atoms with Crippen molar-refractivity contribution in [2.24, 2.45) is 11.7 Å². The molecular formula is C17H27ClN2O. The summed E-state index contributed by atoms with van der Waals surface area (Å²) < 4.78 is 0. The first kappa shape index (κ1) is 18.0. The van der Waals surface area contributed by atoms with Crippen LogP contribution in [0, 0.1) is 12.8 Å². The van der Waals surface area contributed by atoms with Gasteiger partial charge in [-0.15, -0.1) is 12.4 Å². The molecule has 1 saturated carbocycles. The van der Waals surface area contributed by atoms with Gasteiger partial charge in [0, 0.05) is 19.0 Å². The number of aryl methyl sites for hydroxylation is 1. The van der Waals surface area contributed by atoms with Crippen molar-refractivity contribution in [3.05, 3.63) is 35.4 Å². The van der Waals surface area contributed by atoms with Gasteiger partial charge in [0.1, 0.15) is 0 Å². The molecule has 118 valence electrons. The Bertz CT molecular complexity index is 443. The molecule has 2 rings (SSSR count). The third-order valence-corrected chi connectivity index (χ3v) is 4.24. The molecule has 3 N–H and O–H groups in total. The molecule has 2 atom stereocenters. The molecule has 21 heavy (non-hydrogen) atoms. The summed E-state index contributed by atoms with van der Waals surface area (Å²) in [4.78, 5) is 12.0. The minimum atomic E-state index is 0. The molecule has 1 aliphatic carbocycles. The van der Waals surface area contributed by atoms with Gasteiger partial charge in [-0.25, -0.2) is 0 Å². The Morgan fingerprint density at radius 2 is 1.95 bits per heavy atom. The first-order valence-electron chi connectivity index (χ1n) is 7.69. The van der Waals surface area contributed by atoms with Crippen LogP contribution in [0.2, 0.25) is 0 Å². The monoisotopic (exact) mass is 310 g/mol. The van der Waals surface area contributed by atoms with E-state index in [4.69, 9.17) is 5.73 Å². The van der Waals surface area contributed by atoms with Gasteiger partial charge >= 0.3 is 0 Å². The average Bonchev–Trinajstić information content (AvgIpc) is 3.28. The van der Waals surface area contributed by atoms with E-state index in [1.807, 2.05) is 0 Å². The van der Waals surface area contributed by atoms with E-state index in [1.54, 1.807) is 0 Å². The van der Waals surface area contributed by atoms with Crippen LogP contribution in [0.1, 0.15) is 49.7 Å². The number of carbonyl (C=O) groups is 1. The number of benzene rings is 1. The second kappa shape index (κ2) is 8.40. The van der Waals surface area contributed by atoms with Gasteiger partial charge in [-0.2, -0.15) is 0 Å². The highest BCUT2D eigenvalue weighted by Gasteiger charge is 2.28. The van der Waals surface area contributed by atoms with Crippen molar-refractivity contribution in [3.8, 4) is 0 Å². The Labute approximate surface area is 134 Å². The first-order valence-corrected chi connectivity index (χ1v) is 7.69. The summed E-state index contributed by atoms with van der Waals surface area (Å²) in [5.74, 6) is 1.05. The Morgan fingerprint density at radius 1 is 1.33 bits per heavy atom. The van der Waals surface area contributed by atoms with Gasteiger partial charge in [0.15, 0.2) is 0 Å². The second-order valence-electron chi connectivity index (χ2n) is 6.03. The summed E-state index contributed by atoms with van der Waals surface area (Å²) in [6.07, 6.45) is 3.97. The fraction of sp³-hybridized carbons (Fsp3) is 0.588. The van der Waals surface area contributed by atoms with Crippen LogP contribution in [0.15, 0.2) is 24.3 Å². The normalized spacial score (nSPS) is 16.7. The molecule has 1 aromatic carbocycles. The predicted octanol–water partition coefficient (Wildman–Crippen LogP) is 3.15. The van der Waals surface area contributed by atoms with Gasteiger partial charge in [0.05, 0.1) is 0 Å². The maximum Gasteiger partial charge on any atom is 0.220 e. The van der Waals surface area contributed by atoms with Crippen LogP contribution in [0.3, 0.4) is 0 Å². The van der Waals surface area contributed by atoms with E-state index in [9.17, 15) is 4.79 Å². The topological polar surface area (TPSA) is 55.1 Å². The number of hydrogen-bond acceptors (Lipinski definition) is 2. The summed E-state index contributed by atoms with van der Waals surface area (Å²) in [6.45, 7) is 4.83. The van der Waals surface area contributed by atoms with Crippen molar-refractivity contribution in [2.75, 3.05) is 6.54 Å². The summed E-state index contributed by atoms with van der Waals surface area (Å²) in [7, 11) is 0. The number of hydrogen-bond donors (Lipinski definition) is 2. The Kier molecular flexibility index (Phi) is 7.20.